The van der Waals surface area contributed by atoms with Gasteiger partial charge in [0.05, 0.1) is 5.69 Å². The van der Waals surface area contributed by atoms with E-state index in [4.69, 9.17) is 17.2 Å². The van der Waals surface area contributed by atoms with Crippen molar-refractivity contribution in [3.05, 3.63) is 107 Å². The summed E-state index contributed by atoms with van der Waals surface area (Å²) in [6.45, 7) is 3.77. The highest BCUT2D eigenvalue weighted by molar-refractivity contribution is 5.97. The number of guanidine groups is 1. The Morgan fingerprint density at radius 1 is 0.739 bits per heavy atom. The van der Waals surface area contributed by atoms with Gasteiger partial charge in [-0.3, -0.25) is 19.2 Å². The molecule has 0 fully saturated rings. The number of rotatable bonds is 15. The van der Waals surface area contributed by atoms with Crippen molar-refractivity contribution in [3.8, 4) is 0 Å². The fourth-order valence-electron chi connectivity index (χ4n) is 4.58. The fourth-order valence-corrected chi connectivity index (χ4v) is 4.58. The standard InChI is InChI=1S/C34H40FN7O4/c1-21(2)18-27(31(36)44)41-33(46)29(20-24-10-15-26(16-11-24)39-34(37)38)42-32(45)28(19-23-8-13-25(35)14-9-23)40-30(43)17-12-22-6-4-3-5-7-22/h3-17,21,27-29H,18-20H2,1-2H3,(H2,36,44)(H,40,43)(H,41,46)(H,42,45)(H4,37,38,39)/b17-12+/t27-,28-,29-/m0/s1. The number of primary amides is 1. The monoisotopic (exact) mass is 629 g/mol. The molecule has 0 heterocycles. The van der Waals surface area contributed by atoms with Crippen molar-refractivity contribution in [2.75, 3.05) is 0 Å². The highest BCUT2D eigenvalue weighted by Crippen LogP contribution is 2.15. The lowest BCUT2D eigenvalue weighted by molar-refractivity contribution is -0.133. The van der Waals surface area contributed by atoms with Crippen LogP contribution in [0.25, 0.3) is 6.08 Å². The molecule has 0 aliphatic rings. The van der Waals surface area contributed by atoms with Gasteiger partial charge in [0.1, 0.15) is 23.9 Å². The molecule has 0 aromatic heterocycles. The topological polar surface area (TPSA) is 195 Å². The van der Waals surface area contributed by atoms with Crippen LogP contribution in [0.4, 0.5) is 10.1 Å². The summed E-state index contributed by atoms with van der Waals surface area (Å²) in [5.74, 6) is -3.08. The first-order chi connectivity index (χ1) is 21.9. The average Bonchev–Trinajstić information content (AvgIpc) is 3.01. The van der Waals surface area contributed by atoms with Crippen LogP contribution in [-0.2, 0) is 32.0 Å². The number of hydrogen-bond acceptors (Lipinski definition) is 5. The minimum absolute atomic E-state index is 0.00976. The molecule has 0 saturated heterocycles. The summed E-state index contributed by atoms with van der Waals surface area (Å²) in [5, 5.41) is 8.09. The van der Waals surface area contributed by atoms with E-state index in [-0.39, 0.29) is 24.7 Å². The number of carbonyl (C=O) groups excluding carboxylic acids is 4. The van der Waals surface area contributed by atoms with Gasteiger partial charge in [-0.15, -0.1) is 0 Å². The number of aliphatic imine (C=N–C) groups is 1. The zero-order valence-electron chi connectivity index (χ0n) is 25.8. The molecule has 242 valence electrons. The van der Waals surface area contributed by atoms with Gasteiger partial charge in [0.2, 0.25) is 23.6 Å². The average molecular weight is 630 g/mol. The highest BCUT2D eigenvalue weighted by atomic mass is 19.1. The molecule has 0 spiro atoms. The number of nitrogens with zero attached hydrogens (tertiary/aromatic N) is 1. The Hall–Kier alpha value is -5.52. The number of nitrogens with one attached hydrogen (secondary N) is 3. The largest absolute Gasteiger partial charge is 0.370 e. The molecule has 9 N–H and O–H groups in total. The summed E-state index contributed by atoms with van der Waals surface area (Å²) in [6, 6.07) is 18.1. The molecular weight excluding hydrogens is 589 g/mol. The van der Waals surface area contributed by atoms with Crippen LogP contribution in [0.3, 0.4) is 0 Å². The van der Waals surface area contributed by atoms with Crippen LogP contribution in [0.5, 0.6) is 0 Å². The van der Waals surface area contributed by atoms with Crippen molar-refractivity contribution in [2.24, 2.45) is 28.1 Å². The lowest BCUT2D eigenvalue weighted by Gasteiger charge is -2.25. The van der Waals surface area contributed by atoms with Crippen molar-refractivity contribution >= 4 is 41.4 Å². The molecule has 11 nitrogen and oxygen atoms in total. The van der Waals surface area contributed by atoms with Crippen LogP contribution in [0.15, 0.2) is 89.9 Å². The summed E-state index contributed by atoms with van der Waals surface area (Å²) in [7, 11) is 0. The second kappa shape index (κ2) is 17.1. The first kappa shape index (κ1) is 35.0. The van der Waals surface area contributed by atoms with Crippen LogP contribution >= 0.6 is 0 Å². The molecule has 0 unspecified atom stereocenters. The molecule has 3 aromatic carbocycles. The van der Waals surface area contributed by atoms with Crippen molar-refractivity contribution in [2.45, 2.75) is 51.2 Å². The van der Waals surface area contributed by atoms with Crippen LogP contribution in [0, 0.1) is 11.7 Å². The minimum atomic E-state index is -1.16. The van der Waals surface area contributed by atoms with Crippen molar-refractivity contribution in [1.29, 1.82) is 0 Å². The molecular formula is C34H40FN7O4. The summed E-state index contributed by atoms with van der Waals surface area (Å²) >= 11 is 0. The van der Waals surface area contributed by atoms with E-state index < -0.39 is 47.6 Å². The summed E-state index contributed by atoms with van der Waals surface area (Å²) in [4.78, 5) is 56.4. The Morgan fingerprint density at radius 3 is 1.78 bits per heavy atom. The molecule has 0 aliphatic heterocycles. The van der Waals surface area contributed by atoms with Gasteiger partial charge in [0.15, 0.2) is 5.96 Å². The summed E-state index contributed by atoms with van der Waals surface area (Å²) < 4.78 is 13.6. The van der Waals surface area contributed by atoms with E-state index >= 15 is 0 Å². The number of halogens is 1. The first-order valence-corrected chi connectivity index (χ1v) is 14.8. The van der Waals surface area contributed by atoms with Gasteiger partial charge >= 0.3 is 0 Å². The zero-order valence-corrected chi connectivity index (χ0v) is 25.8. The van der Waals surface area contributed by atoms with E-state index in [2.05, 4.69) is 20.9 Å². The molecule has 0 radical (unpaired) electrons. The summed E-state index contributed by atoms with van der Waals surface area (Å²) in [5.41, 5.74) is 19.0. The zero-order chi connectivity index (χ0) is 33.6. The molecule has 0 aliphatic carbocycles. The highest BCUT2D eigenvalue weighted by Gasteiger charge is 2.29. The van der Waals surface area contributed by atoms with Gasteiger partial charge in [0.25, 0.3) is 0 Å². The Labute approximate surface area is 267 Å². The Morgan fingerprint density at radius 2 is 1.26 bits per heavy atom. The third-order valence-corrected chi connectivity index (χ3v) is 6.85. The van der Waals surface area contributed by atoms with Gasteiger partial charge < -0.3 is 33.2 Å². The van der Waals surface area contributed by atoms with E-state index in [1.165, 1.54) is 30.3 Å². The lowest BCUT2D eigenvalue weighted by Crippen LogP contribution is -2.57. The molecule has 0 saturated carbocycles. The van der Waals surface area contributed by atoms with Gasteiger partial charge in [0, 0.05) is 18.9 Å². The third-order valence-electron chi connectivity index (χ3n) is 6.85. The molecule has 3 rings (SSSR count). The van der Waals surface area contributed by atoms with Gasteiger partial charge in [-0.05, 0) is 59.4 Å². The van der Waals surface area contributed by atoms with Gasteiger partial charge in [-0.2, -0.15) is 0 Å². The van der Waals surface area contributed by atoms with Gasteiger partial charge in [-0.25, -0.2) is 9.38 Å². The van der Waals surface area contributed by atoms with Crippen LogP contribution < -0.4 is 33.2 Å². The third kappa shape index (κ3) is 11.9. The Bertz CT molecular complexity index is 1540. The predicted molar refractivity (Wildman–Crippen MR) is 176 cm³/mol. The SMILES string of the molecule is CC(C)C[C@H](NC(=O)[C@H](Cc1ccc(N=C(N)N)cc1)NC(=O)[C@H](Cc1ccc(F)cc1)NC(=O)/C=C/c1ccccc1)C(N)=O. The number of amides is 4. The predicted octanol–water partition coefficient (Wildman–Crippen LogP) is 2.22. The quantitative estimate of drug-likeness (QED) is 0.0847. The smallest absolute Gasteiger partial charge is 0.244 e. The van der Waals surface area contributed by atoms with E-state index in [0.29, 0.717) is 23.2 Å². The number of carbonyl (C=O) groups is 4. The van der Waals surface area contributed by atoms with Crippen molar-refractivity contribution in [3.63, 3.8) is 0 Å². The molecule has 3 aromatic rings. The second-order valence-corrected chi connectivity index (χ2v) is 11.2. The van der Waals surface area contributed by atoms with E-state index in [1.807, 2.05) is 44.2 Å². The van der Waals surface area contributed by atoms with Crippen LogP contribution in [0.1, 0.15) is 37.0 Å². The Kier molecular flexibility index (Phi) is 13.0. The van der Waals surface area contributed by atoms with E-state index in [1.54, 1.807) is 30.3 Å². The summed E-state index contributed by atoms with van der Waals surface area (Å²) in [6.07, 6.45) is 3.23. The fraction of sp³-hybridized carbons (Fsp3) is 0.265. The van der Waals surface area contributed by atoms with Crippen LogP contribution in [0.2, 0.25) is 0 Å². The Balaban J connectivity index is 1.88. The van der Waals surface area contributed by atoms with Crippen molar-refractivity contribution in [1.82, 2.24) is 16.0 Å². The maximum absolute atomic E-state index is 13.8. The minimum Gasteiger partial charge on any atom is -0.370 e. The van der Waals surface area contributed by atoms with Gasteiger partial charge in [-0.1, -0.05) is 68.4 Å². The van der Waals surface area contributed by atoms with Crippen LogP contribution in [-0.4, -0.2) is 47.7 Å². The first-order valence-electron chi connectivity index (χ1n) is 14.8. The number of nitrogens with two attached hydrogens (primary N) is 3. The molecule has 3 atom stereocenters. The number of benzene rings is 3. The second-order valence-electron chi connectivity index (χ2n) is 11.2. The normalized spacial score (nSPS) is 13.0. The van der Waals surface area contributed by atoms with Crippen molar-refractivity contribution < 1.29 is 23.6 Å². The number of hydrogen-bond donors (Lipinski definition) is 6. The molecule has 12 heteroatoms. The maximum atomic E-state index is 13.8. The lowest BCUT2D eigenvalue weighted by atomic mass is 10.00. The molecule has 4 amide bonds. The maximum Gasteiger partial charge on any atom is 0.244 e. The molecule has 0 bridgehead atoms. The van der Waals surface area contributed by atoms with E-state index in [0.717, 1.165) is 5.56 Å². The van der Waals surface area contributed by atoms with E-state index in [9.17, 15) is 23.6 Å². The molecule has 46 heavy (non-hydrogen) atoms.